The maximum Gasteiger partial charge on any atom is 0.323 e. The number of carbonyl (C=O) groups is 2. The number of urea groups is 1. The first kappa shape index (κ1) is 25.3. The number of benzene rings is 3. The maximum absolute atomic E-state index is 12.8. The topological polar surface area (TPSA) is 94.1 Å². The number of methoxy groups -OCH3 is 1. The molecule has 1 saturated heterocycles. The van der Waals surface area contributed by atoms with Gasteiger partial charge >= 0.3 is 6.03 Å². The standard InChI is InChI=1S/C27H29ClN4O4/c1-18-7-12-24(36-2)23(17-18)30-27(35)29-19-8-10-20(11-9-19)31-13-15-32(16-14-31)26(34)25(33)21-5-3-4-6-22(21)28/h3-12,17,25,33H,13-16H2,1-2H3,(H2,29,30,35). The Bertz CT molecular complexity index is 1230. The van der Waals surface area contributed by atoms with Crippen molar-refractivity contribution in [1.29, 1.82) is 0 Å². The van der Waals surface area contributed by atoms with E-state index in [-0.39, 0.29) is 11.9 Å². The molecular formula is C27H29ClN4O4. The lowest BCUT2D eigenvalue weighted by Gasteiger charge is -2.37. The normalized spacial score (nSPS) is 14.2. The third kappa shape index (κ3) is 5.90. The molecule has 0 aliphatic carbocycles. The van der Waals surface area contributed by atoms with E-state index in [0.717, 1.165) is 11.3 Å². The zero-order valence-electron chi connectivity index (χ0n) is 20.2. The van der Waals surface area contributed by atoms with Gasteiger partial charge in [-0.15, -0.1) is 0 Å². The van der Waals surface area contributed by atoms with E-state index in [9.17, 15) is 14.7 Å². The number of aliphatic hydroxyl groups is 1. The second kappa shape index (κ2) is 11.3. The van der Waals surface area contributed by atoms with Crippen molar-refractivity contribution in [3.8, 4) is 5.75 Å². The summed E-state index contributed by atoms with van der Waals surface area (Å²) < 4.78 is 5.31. The third-order valence-corrected chi connectivity index (χ3v) is 6.46. The average Bonchev–Trinajstić information content (AvgIpc) is 2.89. The molecule has 1 heterocycles. The Morgan fingerprint density at radius 3 is 2.33 bits per heavy atom. The van der Waals surface area contributed by atoms with Crippen LogP contribution >= 0.6 is 11.6 Å². The first-order valence-corrected chi connectivity index (χ1v) is 12.0. The number of carbonyl (C=O) groups excluding carboxylic acids is 2. The van der Waals surface area contributed by atoms with Gasteiger partial charge in [0.2, 0.25) is 0 Å². The number of piperazine rings is 1. The minimum atomic E-state index is -1.28. The van der Waals surface area contributed by atoms with Crippen LogP contribution in [0, 0.1) is 6.92 Å². The highest BCUT2D eigenvalue weighted by molar-refractivity contribution is 6.31. The van der Waals surface area contributed by atoms with Gasteiger partial charge in [0.25, 0.3) is 5.91 Å². The van der Waals surface area contributed by atoms with Crippen LogP contribution in [0.3, 0.4) is 0 Å². The van der Waals surface area contributed by atoms with Crippen LogP contribution in [0.5, 0.6) is 5.75 Å². The van der Waals surface area contributed by atoms with E-state index in [1.165, 1.54) is 0 Å². The van der Waals surface area contributed by atoms with Gasteiger partial charge in [-0.1, -0.05) is 35.9 Å². The van der Waals surface area contributed by atoms with E-state index in [4.69, 9.17) is 16.3 Å². The zero-order chi connectivity index (χ0) is 25.7. The number of anilines is 3. The summed E-state index contributed by atoms with van der Waals surface area (Å²) in [5.74, 6) is 0.238. The molecule has 0 radical (unpaired) electrons. The van der Waals surface area contributed by atoms with E-state index in [0.29, 0.717) is 53.9 Å². The minimum Gasteiger partial charge on any atom is -0.495 e. The Balaban J connectivity index is 1.31. The fourth-order valence-electron chi connectivity index (χ4n) is 4.15. The molecule has 3 N–H and O–H groups in total. The third-order valence-electron chi connectivity index (χ3n) is 6.12. The molecule has 36 heavy (non-hydrogen) atoms. The van der Waals surface area contributed by atoms with Crippen molar-refractivity contribution in [3.63, 3.8) is 0 Å². The number of hydrogen-bond acceptors (Lipinski definition) is 5. The van der Waals surface area contributed by atoms with Gasteiger partial charge in [0.15, 0.2) is 6.10 Å². The van der Waals surface area contributed by atoms with Gasteiger partial charge in [-0.3, -0.25) is 4.79 Å². The largest absolute Gasteiger partial charge is 0.495 e. The lowest BCUT2D eigenvalue weighted by Crippen LogP contribution is -2.50. The molecule has 1 atom stereocenters. The molecular weight excluding hydrogens is 480 g/mol. The van der Waals surface area contributed by atoms with Crippen LogP contribution in [0.4, 0.5) is 21.9 Å². The van der Waals surface area contributed by atoms with Crippen LogP contribution in [0.1, 0.15) is 17.2 Å². The molecule has 1 fully saturated rings. The summed E-state index contributed by atoms with van der Waals surface area (Å²) in [6.45, 7) is 4.17. The maximum atomic E-state index is 12.8. The quantitative estimate of drug-likeness (QED) is 0.449. The van der Waals surface area contributed by atoms with Crippen molar-refractivity contribution >= 4 is 40.6 Å². The second-order valence-corrected chi connectivity index (χ2v) is 8.97. The smallest absolute Gasteiger partial charge is 0.323 e. The number of rotatable bonds is 6. The number of nitrogens with one attached hydrogen (secondary N) is 2. The number of ether oxygens (including phenoxy) is 1. The molecule has 0 aromatic heterocycles. The van der Waals surface area contributed by atoms with E-state index < -0.39 is 6.10 Å². The Morgan fingerprint density at radius 1 is 0.972 bits per heavy atom. The molecule has 0 bridgehead atoms. The summed E-state index contributed by atoms with van der Waals surface area (Å²) in [4.78, 5) is 29.1. The molecule has 3 aromatic carbocycles. The monoisotopic (exact) mass is 508 g/mol. The highest BCUT2D eigenvalue weighted by Crippen LogP contribution is 2.27. The van der Waals surface area contributed by atoms with Crippen LogP contribution in [-0.4, -0.2) is 55.2 Å². The first-order valence-electron chi connectivity index (χ1n) is 11.6. The second-order valence-electron chi connectivity index (χ2n) is 8.57. The molecule has 0 saturated carbocycles. The van der Waals surface area contributed by atoms with Gasteiger partial charge < -0.3 is 30.3 Å². The molecule has 0 spiro atoms. The fourth-order valence-corrected chi connectivity index (χ4v) is 4.39. The molecule has 9 heteroatoms. The van der Waals surface area contributed by atoms with Crippen molar-refractivity contribution < 1.29 is 19.4 Å². The highest BCUT2D eigenvalue weighted by Gasteiger charge is 2.28. The molecule has 1 aliphatic rings. The lowest BCUT2D eigenvalue weighted by molar-refractivity contribution is -0.140. The van der Waals surface area contributed by atoms with Crippen LogP contribution < -0.4 is 20.3 Å². The summed E-state index contributed by atoms with van der Waals surface area (Å²) in [5.41, 5.74) is 3.66. The number of amides is 3. The van der Waals surface area contributed by atoms with Gasteiger partial charge in [-0.25, -0.2) is 4.79 Å². The van der Waals surface area contributed by atoms with Crippen molar-refractivity contribution in [2.24, 2.45) is 0 Å². The SMILES string of the molecule is COc1ccc(C)cc1NC(=O)Nc1ccc(N2CCN(C(=O)C(O)c3ccccc3Cl)CC2)cc1. The summed E-state index contributed by atoms with van der Waals surface area (Å²) >= 11 is 6.14. The van der Waals surface area contributed by atoms with Gasteiger partial charge in [-0.05, 0) is 55.0 Å². The van der Waals surface area contributed by atoms with Crippen molar-refractivity contribution in [3.05, 3.63) is 82.9 Å². The van der Waals surface area contributed by atoms with Crippen molar-refractivity contribution in [2.45, 2.75) is 13.0 Å². The molecule has 1 unspecified atom stereocenters. The molecule has 8 nitrogen and oxygen atoms in total. The Morgan fingerprint density at radius 2 is 1.67 bits per heavy atom. The van der Waals surface area contributed by atoms with Gasteiger partial charge in [-0.2, -0.15) is 0 Å². The average molecular weight is 509 g/mol. The number of hydrogen-bond donors (Lipinski definition) is 3. The van der Waals surface area contributed by atoms with E-state index >= 15 is 0 Å². The summed E-state index contributed by atoms with van der Waals surface area (Å²) in [6, 6.07) is 19.6. The summed E-state index contributed by atoms with van der Waals surface area (Å²) in [7, 11) is 1.56. The zero-order valence-corrected chi connectivity index (χ0v) is 21.0. The van der Waals surface area contributed by atoms with Gasteiger partial charge in [0.05, 0.1) is 12.8 Å². The number of nitrogens with zero attached hydrogens (tertiary/aromatic N) is 2. The predicted octanol–water partition coefficient (Wildman–Crippen LogP) is 4.68. The fraction of sp³-hybridized carbons (Fsp3) is 0.259. The van der Waals surface area contributed by atoms with E-state index in [1.807, 2.05) is 49.4 Å². The van der Waals surface area contributed by atoms with Crippen molar-refractivity contribution in [2.75, 3.05) is 48.8 Å². The molecule has 4 rings (SSSR count). The summed E-state index contributed by atoms with van der Waals surface area (Å²) in [5, 5.41) is 16.5. The van der Waals surface area contributed by atoms with Gasteiger partial charge in [0, 0.05) is 48.1 Å². The Kier molecular flexibility index (Phi) is 7.97. The molecule has 1 aliphatic heterocycles. The van der Waals surface area contributed by atoms with E-state index in [2.05, 4.69) is 15.5 Å². The van der Waals surface area contributed by atoms with E-state index in [1.54, 1.807) is 36.3 Å². The molecule has 3 aromatic rings. The predicted molar refractivity (Wildman–Crippen MR) is 142 cm³/mol. The highest BCUT2D eigenvalue weighted by atomic mass is 35.5. The molecule has 3 amide bonds. The first-order chi connectivity index (χ1) is 17.4. The number of aryl methyl sites for hydroxylation is 1. The Hall–Kier alpha value is -3.75. The van der Waals surface area contributed by atoms with Crippen LogP contribution in [-0.2, 0) is 4.79 Å². The lowest BCUT2D eigenvalue weighted by atomic mass is 10.1. The molecule has 188 valence electrons. The van der Waals surface area contributed by atoms with Crippen LogP contribution in [0.25, 0.3) is 0 Å². The number of aliphatic hydroxyl groups excluding tert-OH is 1. The van der Waals surface area contributed by atoms with Crippen LogP contribution in [0.2, 0.25) is 5.02 Å². The van der Waals surface area contributed by atoms with Gasteiger partial charge in [0.1, 0.15) is 5.75 Å². The Labute approximate surface area is 215 Å². The number of halogens is 1. The van der Waals surface area contributed by atoms with Crippen LogP contribution in [0.15, 0.2) is 66.7 Å². The summed E-state index contributed by atoms with van der Waals surface area (Å²) in [6.07, 6.45) is -1.28. The van der Waals surface area contributed by atoms with Crippen molar-refractivity contribution in [1.82, 2.24) is 4.90 Å². The minimum absolute atomic E-state index is 0.349.